The largest absolute Gasteiger partial charge is 0.375 e. The van der Waals surface area contributed by atoms with Crippen molar-refractivity contribution < 1.29 is 4.74 Å². The van der Waals surface area contributed by atoms with Crippen molar-refractivity contribution in [2.24, 2.45) is 17.8 Å². The van der Waals surface area contributed by atoms with Gasteiger partial charge in [0.2, 0.25) is 0 Å². The first-order chi connectivity index (χ1) is 7.80. The minimum Gasteiger partial charge on any atom is -0.375 e. The molecule has 0 atom stereocenters. The summed E-state index contributed by atoms with van der Waals surface area (Å²) in [6, 6.07) is 2.20. The van der Waals surface area contributed by atoms with E-state index in [4.69, 9.17) is 10.00 Å². The lowest BCUT2D eigenvalue weighted by atomic mass is 9.54. The van der Waals surface area contributed by atoms with Crippen LogP contribution in [-0.2, 0) is 4.74 Å². The topological polar surface area (TPSA) is 33.0 Å². The first-order valence-corrected chi connectivity index (χ1v) is 6.80. The minimum absolute atomic E-state index is 0.240. The molecule has 0 aromatic carbocycles. The van der Waals surface area contributed by atoms with Crippen LogP contribution in [0.2, 0.25) is 0 Å². The van der Waals surface area contributed by atoms with E-state index in [1.165, 1.54) is 38.5 Å². The Labute approximate surface area is 98.0 Å². The third kappa shape index (κ3) is 1.86. The van der Waals surface area contributed by atoms with Crippen molar-refractivity contribution >= 4 is 0 Å². The lowest BCUT2D eigenvalue weighted by molar-refractivity contribution is -0.162. The fourth-order valence-corrected chi connectivity index (χ4v) is 4.65. The third-order valence-corrected chi connectivity index (χ3v) is 4.82. The Morgan fingerprint density at radius 1 is 1.06 bits per heavy atom. The van der Waals surface area contributed by atoms with Crippen LogP contribution < -0.4 is 0 Å². The summed E-state index contributed by atoms with van der Waals surface area (Å²) in [5.41, 5.74) is 0.240. The van der Waals surface area contributed by atoms with E-state index in [-0.39, 0.29) is 5.60 Å². The van der Waals surface area contributed by atoms with E-state index in [1.807, 2.05) is 0 Å². The number of unbranched alkanes of at least 4 members (excludes halogenated alkanes) is 1. The van der Waals surface area contributed by atoms with Gasteiger partial charge in [-0.05, 0) is 62.7 Å². The Bertz CT molecular complexity index is 269. The second kappa shape index (κ2) is 4.04. The molecule has 16 heavy (non-hydrogen) atoms. The van der Waals surface area contributed by atoms with Gasteiger partial charge in [-0.25, -0.2) is 0 Å². The first kappa shape index (κ1) is 10.6. The molecule has 4 fully saturated rings. The molecule has 4 aliphatic carbocycles. The van der Waals surface area contributed by atoms with Crippen LogP contribution in [0, 0.1) is 29.1 Å². The highest BCUT2D eigenvalue weighted by Crippen LogP contribution is 2.57. The number of rotatable bonds is 4. The summed E-state index contributed by atoms with van der Waals surface area (Å²) >= 11 is 0. The summed E-state index contributed by atoms with van der Waals surface area (Å²) in [4.78, 5) is 0. The van der Waals surface area contributed by atoms with E-state index in [9.17, 15) is 0 Å². The Morgan fingerprint density at radius 3 is 2.12 bits per heavy atom. The highest BCUT2D eigenvalue weighted by Gasteiger charge is 2.51. The lowest BCUT2D eigenvalue weighted by Crippen LogP contribution is -2.52. The van der Waals surface area contributed by atoms with Gasteiger partial charge in [0.15, 0.2) is 0 Å². The van der Waals surface area contributed by atoms with Crippen molar-refractivity contribution in [3.8, 4) is 6.07 Å². The zero-order valence-corrected chi connectivity index (χ0v) is 9.95. The van der Waals surface area contributed by atoms with Crippen LogP contribution in [-0.4, -0.2) is 12.2 Å². The molecule has 0 N–H and O–H groups in total. The molecule has 0 amide bonds. The highest BCUT2D eigenvalue weighted by molar-refractivity contribution is 5.03. The molecule has 4 bridgehead atoms. The molecule has 0 aliphatic heterocycles. The minimum atomic E-state index is 0.240. The van der Waals surface area contributed by atoms with Crippen molar-refractivity contribution in [1.29, 1.82) is 5.26 Å². The second-order valence-corrected chi connectivity index (χ2v) is 6.21. The van der Waals surface area contributed by atoms with E-state index < -0.39 is 0 Å². The number of ether oxygens (including phenoxy) is 1. The summed E-state index contributed by atoms with van der Waals surface area (Å²) in [5, 5.41) is 8.52. The summed E-state index contributed by atoms with van der Waals surface area (Å²) in [6.45, 7) is 0.805. The number of hydrogen-bond acceptors (Lipinski definition) is 2. The maximum absolute atomic E-state index is 8.52. The maximum Gasteiger partial charge on any atom is 0.0690 e. The van der Waals surface area contributed by atoms with Crippen LogP contribution >= 0.6 is 0 Å². The van der Waals surface area contributed by atoms with Crippen LogP contribution in [0.15, 0.2) is 0 Å². The van der Waals surface area contributed by atoms with E-state index in [1.54, 1.807) is 0 Å². The molecule has 0 radical (unpaired) electrons. The fourth-order valence-electron chi connectivity index (χ4n) is 4.65. The van der Waals surface area contributed by atoms with Crippen molar-refractivity contribution in [3.05, 3.63) is 0 Å². The van der Waals surface area contributed by atoms with Crippen molar-refractivity contribution in [2.75, 3.05) is 6.61 Å². The van der Waals surface area contributed by atoms with Crippen LogP contribution in [0.5, 0.6) is 0 Å². The van der Waals surface area contributed by atoms with Gasteiger partial charge in [0.1, 0.15) is 0 Å². The summed E-state index contributed by atoms with van der Waals surface area (Å²) in [7, 11) is 0. The van der Waals surface area contributed by atoms with Gasteiger partial charge in [-0.2, -0.15) is 5.26 Å². The van der Waals surface area contributed by atoms with Gasteiger partial charge < -0.3 is 4.74 Å². The average Bonchev–Trinajstić information content (AvgIpc) is 2.22. The van der Waals surface area contributed by atoms with Gasteiger partial charge in [0.25, 0.3) is 0 Å². The van der Waals surface area contributed by atoms with Gasteiger partial charge in [0.05, 0.1) is 11.7 Å². The zero-order valence-electron chi connectivity index (χ0n) is 9.95. The maximum atomic E-state index is 8.52. The van der Waals surface area contributed by atoms with Gasteiger partial charge in [-0.1, -0.05) is 0 Å². The third-order valence-electron chi connectivity index (χ3n) is 4.82. The predicted octanol–water partition coefficient (Wildman–Crippen LogP) is 3.28. The van der Waals surface area contributed by atoms with Crippen LogP contribution in [0.25, 0.3) is 0 Å². The van der Waals surface area contributed by atoms with Gasteiger partial charge in [-0.15, -0.1) is 0 Å². The number of hydrogen-bond donors (Lipinski definition) is 0. The van der Waals surface area contributed by atoms with E-state index in [2.05, 4.69) is 6.07 Å². The lowest BCUT2D eigenvalue weighted by Gasteiger charge is -2.56. The summed E-state index contributed by atoms with van der Waals surface area (Å²) in [6.07, 6.45) is 9.91. The van der Waals surface area contributed by atoms with Crippen molar-refractivity contribution in [3.63, 3.8) is 0 Å². The van der Waals surface area contributed by atoms with Crippen LogP contribution in [0.3, 0.4) is 0 Å². The highest BCUT2D eigenvalue weighted by atomic mass is 16.5. The molecule has 88 valence electrons. The Morgan fingerprint density at radius 2 is 1.62 bits per heavy atom. The molecule has 0 heterocycles. The Hall–Kier alpha value is -0.550. The molecule has 0 aromatic rings. The quantitative estimate of drug-likeness (QED) is 0.680. The van der Waals surface area contributed by atoms with Gasteiger partial charge in [0, 0.05) is 13.0 Å². The first-order valence-electron chi connectivity index (χ1n) is 6.80. The average molecular weight is 219 g/mol. The Kier molecular flexibility index (Phi) is 2.67. The molecule has 2 heteroatoms. The smallest absolute Gasteiger partial charge is 0.0690 e. The second-order valence-electron chi connectivity index (χ2n) is 6.21. The van der Waals surface area contributed by atoms with Gasteiger partial charge >= 0.3 is 0 Å². The number of nitriles is 1. The molecule has 0 aromatic heterocycles. The van der Waals surface area contributed by atoms with E-state index in [0.717, 1.165) is 30.8 Å². The van der Waals surface area contributed by atoms with Crippen LogP contribution in [0.1, 0.15) is 51.4 Å². The fraction of sp³-hybridized carbons (Fsp3) is 0.929. The SMILES string of the molecule is N#CCCCOC12CC3CC(CC(C3)C1)C2. The van der Waals surface area contributed by atoms with E-state index >= 15 is 0 Å². The van der Waals surface area contributed by atoms with Crippen LogP contribution in [0.4, 0.5) is 0 Å². The molecule has 0 unspecified atom stereocenters. The van der Waals surface area contributed by atoms with Crippen molar-refractivity contribution in [1.82, 2.24) is 0 Å². The standard InChI is InChI=1S/C14H21NO/c15-3-1-2-4-16-14-8-11-5-12(9-14)7-13(6-11)10-14/h11-13H,1-2,4-10H2. The molecule has 0 saturated heterocycles. The molecular formula is C14H21NO. The Balaban J connectivity index is 1.59. The van der Waals surface area contributed by atoms with E-state index in [0.29, 0.717) is 6.42 Å². The van der Waals surface area contributed by atoms with Gasteiger partial charge in [-0.3, -0.25) is 0 Å². The summed E-state index contributed by atoms with van der Waals surface area (Å²) in [5.74, 6) is 2.88. The van der Waals surface area contributed by atoms with Crippen molar-refractivity contribution in [2.45, 2.75) is 57.0 Å². The predicted molar refractivity (Wildman–Crippen MR) is 61.7 cm³/mol. The molecular weight excluding hydrogens is 198 g/mol. The molecule has 4 saturated carbocycles. The molecule has 4 aliphatic rings. The molecule has 0 spiro atoms. The number of nitrogens with zero attached hydrogens (tertiary/aromatic N) is 1. The molecule has 4 rings (SSSR count). The molecule has 2 nitrogen and oxygen atoms in total. The monoisotopic (exact) mass is 219 g/mol. The normalized spacial score (nSPS) is 44.6. The zero-order chi connectivity index (χ0) is 11.0. The summed E-state index contributed by atoms with van der Waals surface area (Å²) < 4.78 is 6.19.